The number of para-hydroxylation sites is 1. The Bertz CT molecular complexity index is 2100. The lowest BCUT2D eigenvalue weighted by atomic mass is 10.1. The van der Waals surface area contributed by atoms with Gasteiger partial charge < -0.3 is 23.2 Å². The highest BCUT2D eigenvalue weighted by atomic mass is 32.1. The number of nitrogens with one attached hydrogen (secondary N) is 1. The summed E-state index contributed by atoms with van der Waals surface area (Å²) in [6.45, 7) is 19.8. The van der Waals surface area contributed by atoms with Gasteiger partial charge in [-0.25, -0.2) is 4.85 Å². The van der Waals surface area contributed by atoms with Crippen molar-refractivity contribution in [3.8, 4) is 20.2 Å². The summed E-state index contributed by atoms with van der Waals surface area (Å²) < 4.78 is 22.1. The number of hydrogen-bond donors (Lipinski definition) is 1. The van der Waals surface area contributed by atoms with Crippen molar-refractivity contribution in [1.29, 1.82) is 0 Å². The molecule has 6 rings (SSSR count). The van der Waals surface area contributed by atoms with Crippen molar-refractivity contribution < 1.29 is 18.1 Å². The van der Waals surface area contributed by atoms with E-state index in [0.29, 0.717) is 19.8 Å². The number of hydrogen-bond acceptors (Lipinski definition) is 7. The molecule has 0 atom stereocenters. The van der Waals surface area contributed by atoms with Crippen molar-refractivity contribution in [2.24, 2.45) is 0 Å². The largest absolute Gasteiger partial charge is 0.521 e. The number of nitrogens with zero attached hydrogens (tertiary/aromatic N) is 2. The van der Waals surface area contributed by atoms with Crippen molar-refractivity contribution in [3.63, 3.8) is 0 Å². The van der Waals surface area contributed by atoms with Crippen LogP contribution in [0.25, 0.3) is 62.3 Å². The van der Waals surface area contributed by atoms with Crippen LogP contribution in [0.15, 0.2) is 66.4 Å². The molecular formula is C36H37N3O4S3Si. The van der Waals surface area contributed by atoms with Crippen LogP contribution in [0.2, 0.25) is 0 Å². The molecule has 0 unspecified atom stereocenters. The number of carbonyl (C=O) groups excluding carboxylic acids is 1. The number of aromatic nitrogens is 1. The summed E-state index contributed by atoms with van der Waals surface area (Å²) in [4.78, 5) is 21.2. The SMILES string of the molecule is [C-]#[N+]/C(=C\c1cc2sc(-c3sc(-c4ccc5c(c4)c4ccccc4n5CC)cc3C)cc2s1)C(=O)NC[Si](OCC)(OCC)OCC. The second-order valence-corrected chi connectivity index (χ2v) is 16.7. The Morgan fingerprint density at radius 2 is 1.57 bits per heavy atom. The summed E-state index contributed by atoms with van der Waals surface area (Å²) in [6.07, 6.45) is 1.76. The molecule has 6 aromatic rings. The lowest BCUT2D eigenvalue weighted by molar-refractivity contribution is -0.117. The average Bonchev–Trinajstić information content (AvgIpc) is 3.82. The number of thiophene rings is 3. The van der Waals surface area contributed by atoms with Crippen LogP contribution in [0, 0.1) is 13.5 Å². The third-order valence-corrected chi connectivity index (χ3v) is 14.4. The van der Waals surface area contributed by atoms with Crippen LogP contribution >= 0.6 is 34.0 Å². The maximum absolute atomic E-state index is 13.0. The Labute approximate surface area is 288 Å². The Kier molecular flexibility index (Phi) is 10.1. The van der Waals surface area contributed by atoms with Gasteiger partial charge in [-0.2, -0.15) is 0 Å². The minimum atomic E-state index is -3.07. The number of benzene rings is 2. The predicted molar refractivity (Wildman–Crippen MR) is 200 cm³/mol. The molecular weight excluding hydrogens is 663 g/mol. The summed E-state index contributed by atoms with van der Waals surface area (Å²) >= 11 is 5.16. The monoisotopic (exact) mass is 699 g/mol. The highest BCUT2D eigenvalue weighted by molar-refractivity contribution is 7.31. The normalized spacial score (nSPS) is 12.4. The molecule has 242 valence electrons. The predicted octanol–water partition coefficient (Wildman–Crippen LogP) is 9.76. The van der Waals surface area contributed by atoms with Gasteiger partial charge in [0.1, 0.15) is 0 Å². The molecule has 11 heteroatoms. The molecule has 0 aliphatic carbocycles. The van der Waals surface area contributed by atoms with Crippen LogP contribution in [0.1, 0.15) is 38.1 Å². The number of fused-ring (bicyclic) bond motifs is 4. The van der Waals surface area contributed by atoms with Gasteiger partial charge in [0.25, 0.3) is 5.70 Å². The Hall–Kier alpha value is -3.60. The fourth-order valence-electron chi connectivity index (χ4n) is 5.95. The van der Waals surface area contributed by atoms with Crippen LogP contribution in [0.5, 0.6) is 0 Å². The number of amides is 1. The molecule has 0 saturated carbocycles. The van der Waals surface area contributed by atoms with Gasteiger partial charge >= 0.3 is 8.80 Å². The van der Waals surface area contributed by atoms with Gasteiger partial charge in [-0.1, -0.05) is 24.3 Å². The lowest BCUT2D eigenvalue weighted by Gasteiger charge is -2.28. The van der Waals surface area contributed by atoms with Gasteiger partial charge in [-0.3, -0.25) is 4.79 Å². The second kappa shape index (κ2) is 14.3. The molecule has 0 spiro atoms. The third-order valence-electron chi connectivity index (χ3n) is 7.93. The summed E-state index contributed by atoms with van der Waals surface area (Å²) in [5, 5.41) is 5.40. The fourth-order valence-corrected chi connectivity index (χ4v) is 11.9. The van der Waals surface area contributed by atoms with Crippen molar-refractivity contribution >= 4 is 86.0 Å². The minimum Gasteiger partial charge on any atom is -0.373 e. The van der Waals surface area contributed by atoms with Crippen LogP contribution in [-0.4, -0.2) is 45.3 Å². The molecule has 7 nitrogen and oxygen atoms in total. The summed E-state index contributed by atoms with van der Waals surface area (Å²) in [5.41, 5.74) is 5.05. The molecule has 1 amide bonds. The van der Waals surface area contributed by atoms with Gasteiger partial charge in [-0.05, 0) is 88.2 Å². The van der Waals surface area contributed by atoms with Gasteiger partial charge in [-0.15, -0.1) is 34.0 Å². The maximum Gasteiger partial charge on any atom is 0.521 e. The van der Waals surface area contributed by atoms with E-state index in [1.54, 1.807) is 28.7 Å². The molecule has 2 aromatic carbocycles. The first-order valence-corrected chi connectivity index (χ1v) is 20.2. The lowest BCUT2D eigenvalue weighted by Crippen LogP contribution is -2.55. The molecule has 4 heterocycles. The zero-order chi connectivity index (χ0) is 33.1. The van der Waals surface area contributed by atoms with E-state index in [4.69, 9.17) is 19.9 Å². The number of aryl methyl sites for hydroxylation is 2. The quantitative estimate of drug-likeness (QED) is 0.0741. The molecule has 0 fully saturated rings. The highest BCUT2D eigenvalue weighted by Crippen LogP contribution is 2.45. The van der Waals surface area contributed by atoms with E-state index in [0.717, 1.165) is 20.8 Å². The molecule has 0 aliphatic heterocycles. The van der Waals surface area contributed by atoms with Gasteiger partial charge in [0, 0.05) is 77.1 Å². The molecule has 47 heavy (non-hydrogen) atoms. The fraction of sp³-hybridized carbons (Fsp3) is 0.278. The average molecular weight is 700 g/mol. The summed E-state index contributed by atoms with van der Waals surface area (Å²) in [5.74, 6) is -0.465. The number of rotatable bonds is 13. The van der Waals surface area contributed by atoms with Crippen LogP contribution in [0.4, 0.5) is 0 Å². The molecule has 0 saturated heterocycles. The zero-order valence-corrected chi connectivity index (χ0v) is 30.6. The molecule has 1 N–H and O–H groups in total. The maximum atomic E-state index is 13.0. The smallest absolute Gasteiger partial charge is 0.373 e. The summed E-state index contributed by atoms with van der Waals surface area (Å²) in [6, 6.07) is 22.1. The first kappa shape index (κ1) is 33.3. The Morgan fingerprint density at radius 1 is 0.872 bits per heavy atom. The van der Waals surface area contributed by atoms with Crippen LogP contribution in [-0.2, 0) is 24.6 Å². The first-order chi connectivity index (χ1) is 22.8. The second-order valence-electron chi connectivity index (χ2n) is 10.9. The topological polar surface area (TPSA) is 66.1 Å². The zero-order valence-electron chi connectivity index (χ0n) is 27.1. The Morgan fingerprint density at radius 3 is 2.26 bits per heavy atom. The highest BCUT2D eigenvalue weighted by Gasteiger charge is 2.41. The molecule has 0 bridgehead atoms. The molecule has 0 radical (unpaired) electrons. The van der Waals surface area contributed by atoms with E-state index in [1.165, 1.54) is 47.6 Å². The number of carbonyl (C=O) groups is 1. The van der Waals surface area contributed by atoms with E-state index >= 15 is 0 Å². The standard InChI is InChI=1S/C36H37N3O4S3Si/c1-7-39-29-14-12-11-13-26(29)27-18-24(15-16-30(27)39)31-17-23(5)35(46-31)34-21-33-32(45-34)20-25(44-33)19-28(37-6)36(40)38-22-47(41-8-2,42-9-3)43-10-4/h11-21H,7-10,22H2,1-5H3,(H,38,40)/b28-19-. The van der Waals surface area contributed by atoms with Crippen LogP contribution in [0.3, 0.4) is 0 Å². The van der Waals surface area contributed by atoms with E-state index in [1.807, 2.05) is 32.1 Å². The minimum absolute atomic E-state index is 0.0179. The molecule has 0 aliphatic rings. The van der Waals surface area contributed by atoms with E-state index in [-0.39, 0.29) is 11.9 Å². The van der Waals surface area contributed by atoms with Gasteiger partial charge in [0.15, 0.2) is 0 Å². The van der Waals surface area contributed by atoms with Crippen molar-refractivity contribution in [2.75, 3.05) is 26.0 Å². The van der Waals surface area contributed by atoms with Crippen molar-refractivity contribution in [3.05, 3.63) is 88.2 Å². The van der Waals surface area contributed by atoms with Crippen molar-refractivity contribution in [2.45, 2.75) is 41.2 Å². The van der Waals surface area contributed by atoms with Gasteiger partial charge in [0.05, 0.1) is 12.7 Å². The van der Waals surface area contributed by atoms with Gasteiger partial charge in [0.2, 0.25) is 5.91 Å². The Balaban J connectivity index is 1.23. The van der Waals surface area contributed by atoms with Crippen molar-refractivity contribution in [1.82, 2.24) is 9.88 Å². The van der Waals surface area contributed by atoms with E-state index < -0.39 is 14.7 Å². The van der Waals surface area contributed by atoms with E-state index in [2.05, 4.69) is 89.2 Å². The summed E-state index contributed by atoms with van der Waals surface area (Å²) in [7, 11) is -3.07. The third kappa shape index (κ3) is 6.60. The first-order valence-electron chi connectivity index (χ1n) is 15.8. The van der Waals surface area contributed by atoms with Crippen LogP contribution < -0.4 is 5.32 Å². The van der Waals surface area contributed by atoms with E-state index in [9.17, 15) is 4.79 Å². The molecule has 4 aromatic heterocycles.